The summed E-state index contributed by atoms with van der Waals surface area (Å²) in [5.74, 6) is -0.871. The van der Waals surface area contributed by atoms with Crippen LogP contribution >= 0.6 is 11.6 Å². The minimum Gasteiger partial charge on any atom is -0.352 e. The SMILES string of the molecule is CCCCNC(=O)c1ccccc1NC(=O)c1ccc(Cl)c(S(=O)(=O)Nc2cc(C)cc(C)c2)c1. The molecule has 0 spiro atoms. The Hall–Kier alpha value is -3.36. The number of amides is 2. The zero-order valence-corrected chi connectivity index (χ0v) is 21.4. The molecular formula is C26H28ClN3O4S. The van der Waals surface area contributed by atoms with E-state index in [1.165, 1.54) is 18.2 Å². The molecule has 0 aromatic heterocycles. The summed E-state index contributed by atoms with van der Waals surface area (Å²) in [5, 5.41) is 5.51. The number of carbonyl (C=O) groups excluding carboxylic acids is 2. The summed E-state index contributed by atoms with van der Waals surface area (Å²) in [6.45, 7) is 6.29. The zero-order valence-electron chi connectivity index (χ0n) is 19.8. The summed E-state index contributed by atoms with van der Waals surface area (Å²) < 4.78 is 28.7. The number of benzene rings is 3. The molecule has 2 amide bonds. The molecule has 0 fully saturated rings. The molecule has 0 aliphatic carbocycles. The zero-order chi connectivity index (χ0) is 25.6. The lowest BCUT2D eigenvalue weighted by molar-refractivity contribution is 0.0954. The van der Waals surface area contributed by atoms with Crippen molar-refractivity contribution in [3.8, 4) is 0 Å². The molecule has 0 saturated heterocycles. The molecule has 0 heterocycles. The van der Waals surface area contributed by atoms with E-state index in [-0.39, 0.29) is 21.4 Å². The van der Waals surface area contributed by atoms with Crippen LogP contribution in [0, 0.1) is 13.8 Å². The van der Waals surface area contributed by atoms with E-state index in [2.05, 4.69) is 15.4 Å². The highest BCUT2D eigenvalue weighted by atomic mass is 35.5. The van der Waals surface area contributed by atoms with Crippen molar-refractivity contribution in [2.75, 3.05) is 16.6 Å². The van der Waals surface area contributed by atoms with Gasteiger partial charge in [-0.05, 0) is 73.9 Å². The van der Waals surface area contributed by atoms with Gasteiger partial charge < -0.3 is 10.6 Å². The van der Waals surface area contributed by atoms with Gasteiger partial charge in [0.2, 0.25) is 0 Å². The molecule has 7 nitrogen and oxygen atoms in total. The van der Waals surface area contributed by atoms with Crippen molar-refractivity contribution >= 4 is 44.8 Å². The van der Waals surface area contributed by atoms with Crippen molar-refractivity contribution in [2.24, 2.45) is 0 Å². The normalized spacial score (nSPS) is 11.1. The van der Waals surface area contributed by atoms with Gasteiger partial charge in [0.1, 0.15) is 4.90 Å². The van der Waals surface area contributed by atoms with Crippen molar-refractivity contribution in [3.63, 3.8) is 0 Å². The van der Waals surface area contributed by atoms with Crippen molar-refractivity contribution < 1.29 is 18.0 Å². The van der Waals surface area contributed by atoms with E-state index in [0.717, 1.165) is 24.0 Å². The molecule has 0 radical (unpaired) electrons. The largest absolute Gasteiger partial charge is 0.352 e. The lowest BCUT2D eigenvalue weighted by Crippen LogP contribution is -2.26. The number of anilines is 2. The van der Waals surface area contributed by atoms with Crippen LogP contribution in [0.5, 0.6) is 0 Å². The number of para-hydroxylation sites is 1. The van der Waals surface area contributed by atoms with Gasteiger partial charge in [-0.15, -0.1) is 0 Å². The Labute approximate surface area is 211 Å². The third-order valence-corrected chi connectivity index (χ3v) is 7.06. The monoisotopic (exact) mass is 513 g/mol. The fraction of sp³-hybridized carbons (Fsp3) is 0.231. The second kappa shape index (κ2) is 11.4. The Balaban J connectivity index is 1.85. The van der Waals surface area contributed by atoms with E-state index in [1.54, 1.807) is 36.4 Å². The van der Waals surface area contributed by atoms with Gasteiger partial charge in [-0.2, -0.15) is 0 Å². The van der Waals surface area contributed by atoms with Crippen LogP contribution in [0.15, 0.2) is 65.6 Å². The van der Waals surface area contributed by atoms with Crippen LogP contribution in [0.2, 0.25) is 5.02 Å². The molecule has 0 bridgehead atoms. The molecule has 0 aliphatic heterocycles. The molecule has 35 heavy (non-hydrogen) atoms. The van der Waals surface area contributed by atoms with Gasteiger partial charge in [-0.3, -0.25) is 14.3 Å². The Kier molecular flexibility index (Phi) is 8.53. The molecular weight excluding hydrogens is 486 g/mol. The van der Waals surface area contributed by atoms with Gasteiger partial charge in [0.25, 0.3) is 21.8 Å². The second-order valence-corrected chi connectivity index (χ2v) is 10.3. The van der Waals surface area contributed by atoms with Crippen LogP contribution in [0.3, 0.4) is 0 Å². The van der Waals surface area contributed by atoms with Crippen LogP contribution < -0.4 is 15.4 Å². The molecule has 3 rings (SSSR count). The highest BCUT2D eigenvalue weighted by Gasteiger charge is 2.21. The summed E-state index contributed by atoms with van der Waals surface area (Å²) in [7, 11) is -4.07. The Bertz CT molecular complexity index is 1340. The fourth-order valence-corrected chi connectivity index (χ4v) is 5.12. The van der Waals surface area contributed by atoms with Gasteiger partial charge in [0.05, 0.1) is 16.3 Å². The minimum atomic E-state index is -4.07. The number of hydrogen-bond donors (Lipinski definition) is 3. The van der Waals surface area contributed by atoms with E-state index in [4.69, 9.17) is 11.6 Å². The summed E-state index contributed by atoms with van der Waals surface area (Å²) in [4.78, 5) is 25.3. The average Bonchev–Trinajstić information content (AvgIpc) is 2.78. The first-order valence-electron chi connectivity index (χ1n) is 11.2. The molecule has 3 N–H and O–H groups in total. The third kappa shape index (κ3) is 6.83. The molecule has 3 aromatic rings. The number of hydrogen-bond acceptors (Lipinski definition) is 4. The summed E-state index contributed by atoms with van der Waals surface area (Å²) >= 11 is 6.20. The predicted molar refractivity (Wildman–Crippen MR) is 140 cm³/mol. The van der Waals surface area contributed by atoms with E-state index >= 15 is 0 Å². The first-order chi connectivity index (χ1) is 16.6. The smallest absolute Gasteiger partial charge is 0.263 e. The van der Waals surface area contributed by atoms with Crippen LogP contribution in [-0.4, -0.2) is 26.8 Å². The molecule has 0 saturated carbocycles. The van der Waals surface area contributed by atoms with Gasteiger partial charge in [0.15, 0.2) is 0 Å². The molecule has 0 aliphatic rings. The lowest BCUT2D eigenvalue weighted by Gasteiger charge is -2.14. The van der Waals surface area contributed by atoms with Gasteiger partial charge in [-0.1, -0.05) is 43.1 Å². The molecule has 3 aromatic carbocycles. The fourth-order valence-electron chi connectivity index (χ4n) is 3.55. The van der Waals surface area contributed by atoms with E-state index in [9.17, 15) is 18.0 Å². The number of aryl methyl sites for hydroxylation is 2. The summed E-state index contributed by atoms with van der Waals surface area (Å²) in [6.07, 6.45) is 1.79. The quantitative estimate of drug-likeness (QED) is 0.327. The van der Waals surface area contributed by atoms with E-state index in [0.29, 0.717) is 23.5 Å². The number of unbranched alkanes of at least 4 members (excludes halogenated alkanes) is 1. The first-order valence-corrected chi connectivity index (χ1v) is 13.1. The van der Waals surface area contributed by atoms with Crippen molar-refractivity contribution in [1.29, 1.82) is 0 Å². The minimum absolute atomic E-state index is 0.0193. The molecule has 184 valence electrons. The highest BCUT2D eigenvalue weighted by Crippen LogP contribution is 2.27. The van der Waals surface area contributed by atoms with Gasteiger partial charge in [0, 0.05) is 17.8 Å². The molecule has 0 unspecified atom stereocenters. The van der Waals surface area contributed by atoms with Crippen LogP contribution in [0.4, 0.5) is 11.4 Å². The highest BCUT2D eigenvalue weighted by molar-refractivity contribution is 7.92. The third-order valence-electron chi connectivity index (χ3n) is 5.19. The van der Waals surface area contributed by atoms with E-state index in [1.807, 2.05) is 26.8 Å². The molecule has 0 atom stereocenters. The number of nitrogens with one attached hydrogen (secondary N) is 3. The number of halogens is 1. The maximum Gasteiger partial charge on any atom is 0.263 e. The standard InChI is InChI=1S/C26H28ClN3O4S/c1-4-5-12-28-26(32)21-8-6-7-9-23(21)29-25(31)19-10-11-22(27)24(16-19)35(33,34)30-20-14-17(2)13-18(3)15-20/h6-11,13-16,30H,4-5,12H2,1-3H3,(H,28,32)(H,29,31). The Morgan fingerprint density at radius 1 is 0.914 bits per heavy atom. The lowest BCUT2D eigenvalue weighted by atomic mass is 10.1. The van der Waals surface area contributed by atoms with Crippen LogP contribution in [0.25, 0.3) is 0 Å². The van der Waals surface area contributed by atoms with Crippen molar-refractivity contribution in [1.82, 2.24) is 5.32 Å². The summed E-state index contributed by atoms with van der Waals surface area (Å²) in [6, 6.07) is 16.0. The van der Waals surface area contributed by atoms with Gasteiger partial charge >= 0.3 is 0 Å². The summed E-state index contributed by atoms with van der Waals surface area (Å²) in [5.41, 5.74) is 2.92. The first kappa shape index (κ1) is 26.2. The van der Waals surface area contributed by atoms with Crippen LogP contribution in [0.1, 0.15) is 51.6 Å². The van der Waals surface area contributed by atoms with E-state index < -0.39 is 15.9 Å². The van der Waals surface area contributed by atoms with Crippen molar-refractivity contribution in [2.45, 2.75) is 38.5 Å². The topological polar surface area (TPSA) is 104 Å². The maximum atomic E-state index is 13.1. The average molecular weight is 514 g/mol. The Morgan fingerprint density at radius 3 is 2.29 bits per heavy atom. The number of sulfonamides is 1. The van der Waals surface area contributed by atoms with Gasteiger partial charge in [-0.25, -0.2) is 8.42 Å². The Morgan fingerprint density at radius 2 is 1.60 bits per heavy atom. The predicted octanol–water partition coefficient (Wildman–Crippen LogP) is 5.54. The maximum absolute atomic E-state index is 13.1. The van der Waals surface area contributed by atoms with Crippen LogP contribution in [-0.2, 0) is 10.0 Å². The molecule has 9 heteroatoms. The second-order valence-electron chi connectivity index (χ2n) is 8.24. The number of rotatable bonds is 9. The number of carbonyl (C=O) groups is 2. The van der Waals surface area contributed by atoms with Crippen molar-refractivity contribution in [3.05, 3.63) is 87.9 Å².